The molecule has 0 unspecified atom stereocenters. The second-order valence-electron chi connectivity index (χ2n) is 6.47. The minimum Gasteiger partial charge on any atom is -0.452 e. The predicted molar refractivity (Wildman–Crippen MR) is 115 cm³/mol. The summed E-state index contributed by atoms with van der Waals surface area (Å²) in [5.74, 6) is 0.165. The molecule has 0 aliphatic carbocycles. The van der Waals surface area contributed by atoms with Gasteiger partial charge in [0.25, 0.3) is 0 Å². The van der Waals surface area contributed by atoms with E-state index in [4.69, 9.17) is 21.1 Å². The largest absolute Gasteiger partial charge is 0.452 e. The Morgan fingerprint density at radius 2 is 1.83 bits per heavy atom. The number of ketones is 1. The Hall–Kier alpha value is -2.89. The van der Waals surface area contributed by atoms with Crippen LogP contribution >= 0.6 is 27.5 Å². The Kier molecular flexibility index (Phi) is 5.26. The van der Waals surface area contributed by atoms with Gasteiger partial charge in [0.15, 0.2) is 5.76 Å². The summed E-state index contributed by atoms with van der Waals surface area (Å²) >= 11 is 9.31. The Morgan fingerprint density at radius 1 is 1.10 bits per heavy atom. The number of halogens is 2. The van der Waals surface area contributed by atoms with Crippen LogP contribution in [0.4, 0.5) is 0 Å². The van der Waals surface area contributed by atoms with E-state index in [1.54, 1.807) is 49.4 Å². The molecule has 0 aromatic heterocycles. The second-order valence-corrected chi connectivity index (χ2v) is 7.76. The van der Waals surface area contributed by atoms with Crippen molar-refractivity contribution in [1.29, 1.82) is 0 Å². The third-order valence-electron chi connectivity index (χ3n) is 4.43. The monoisotopic (exact) mass is 468 g/mol. The van der Waals surface area contributed by atoms with E-state index in [-0.39, 0.29) is 11.5 Å². The van der Waals surface area contributed by atoms with Crippen molar-refractivity contribution < 1.29 is 19.1 Å². The average molecular weight is 470 g/mol. The van der Waals surface area contributed by atoms with Crippen LogP contribution in [0.15, 0.2) is 70.9 Å². The third kappa shape index (κ3) is 3.97. The molecule has 0 amide bonds. The molecule has 0 fully saturated rings. The van der Waals surface area contributed by atoms with Crippen LogP contribution in [0.5, 0.6) is 11.5 Å². The van der Waals surface area contributed by atoms with Crippen molar-refractivity contribution in [1.82, 2.24) is 0 Å². The molecule has 0 atom stereocenters. The lowest BCUT2D eigenvalue weighted by atomic mass is 10.0. The minimum atomic E-state index is -0.519. The highest BCUT2D eigenvalue weighted by Gasteiger charge is 2.30. The predicted octanol–water partition coefficient (Wildman–Crippen LogP) is 6.25. The van der Waals surface area contributed by atoms with E-state index in [1.807, 2.05) is 24.3 Å². The van der Waals surface area contributed by atoms with Gasteiger partial charge in [-0.25, -0.2) is 4.79 Å². The number of rotatable bonds is 3. The number of fused-ring (bicyclic) bond motifs is 1. The molecule has 4 rings (SSSR count). The molecule has 144 valence electrons. The van der Waals surface area contributed by atoms with Gasteiger partial charge in [-0.2, -0.15) is 0 Å². The van der Waals surface area contributed by atoms with E-state index < -0.39 is 5.97 Å². The maximum absolute atomic E-state index is 12.8. The van der Waals surface area contributed by atoms with Gasteiger partial charge in [-0.1, -0.05) is 45.7 Å². The lowest BCUT2D eigenvalue weighted by molar-refractivity contribution is 0.0734. The third-order valence-corrected chi connectivity index (χ3v) is 5.40. The molecular formula is C23H14BrClO4. The van der Waals surface area contributed by atoms with Crippen molar-refractivity contribution in [3.63, 3.8) is 0 Å². The molecule has 3 aromatic rings. The van der Waals surface area contributed by atoms with Crippen molar-refractivity contribution >= 4 is 45.4 Å². The van der Waals surface area contributed by atoms with Crippen molar-refractivity contribution in [2.75, 3.05) is 0 Å². The number of carbonyl (C=O) groups excluding carboxylic acids is 2. The first-order valence-electron chi connectivity index (χ1n) is 8.73. The van der Waals surface area contributed by atoms with Crippen LogP contribution in [0.25, 0.3) is 6.08 Å². The molecule has 4 nitrogen and oxygen atoms in total. The van der Waals surface area contributed by atoms with Gasteiger partial charge in [-0.3, -0.25) is 4.79 Å². The summed E-state index contributed by atoms with van der Waals surface area (Å²) in [6, 6.07) is 17.1. The summed E-state index contributed by atoms with van der Waals surface area (Å²) < 4.78 is 12.1. The molecule has 0 N–H and O–H groups in total. The van der Waals surface area contributed by atoms with Gasteiger partial charge < -0.3 is 9.47 Å². The topological polar surface area (TPSA) is 52.6 Å². The van der Waals surface area contributed by atoms with Crippen LogP contribution < -0.4 is 9.47 Å². The van der Waals surface area contributed by atoms with Crippen LogP contribution in [0.2, 0.25) is 5.02 Å². The molecule has 1 aliphatic heterocycles. The number of esters is 1. The normalized spacial score (nSPS) is 13.9. The molecule has 0 bridgehead atoms. The first kappa shape index (κ1) is 19.4. The average Bonchev–Trinajstić information content (AvgIpc) is 3.00. The van der Waals surface area contributed by atoms with Crippen molar-refractivity contribution in [2.45, 2.75) is 6.92 Å². The maximum Gasteiger partial charge on any atom is 0.343 e. The number of hydrogen-bond acceptors (Lipinski definition) is 4. The first-order chi connectivity index (χ1) is 13.9. The zero-order valence-corrected chi connectivity index (χ0v) is 17.6. The quantitative estimate of drug-likeness (QED) is 0.259. The summed E-state index contributed by atoms with van der Waals surface area (Å²) in [6.07, 6.45) is 1.69. The number of aryl methyl sites for hydroxylation is 1. The smallest absolute Gasteiger partial charge is 0.343 e. The van der Waals surface area contributed by atoms with Gasteiger partial charge in [0, 0.05) is 15.6 Å². The molecule has 3 aromatic carbocycles. The van der Waals surface area contributed by atoms with Gasteiger partial charge >= 0.3 is 5.97 Å². The lowest BCUT2D eigenvalue weighted by Gasteiger charge is -2.08. The van der Waals surface area contributed by atoms with E-state index >= 15 is 0 Å². The Balaban J connectivity index is 1.62. The van der Waals surface area contributed by atoms with Gasteiger partial charge in [0.2, 0.25) is 5.78 Å². The zero-order chi connectivity index (χ0) is 20.5. The summed E-state index contributed by atoms with van der Waals surface area (Å²) in [6.45, 7) is 1.78. The van der Waals surface area contributed by atoms with Gasteiger partial charge in [0.1, 0.15) is 11.5 Å². The van der Waals surface area contributed by atoms with Crippen molar-refractivity contribution in [3.8, 4) is 11.5 Å². The van der Waals surface area contributed by atoms with Crippen molar-refractivity contribution in [2.24, 2.45) is 0 Å². The Labute approximate surface area is 180 Å². The van der Waals surface area contributed by atoms with E-state index in [9.17, 15) is 9.59 Å². The van der Waals surface area contributed by atoms with Crippen LogP contribution in [-0.2, 0) is 0 Å². The van der Waals surface area contributed by atoms with Crippen molar-refractivity contribution in [3.05, 3.63) is 98.2 Å². The van der Waals surface area contributed by atoms with E-state index in [1.165, 1.54) is 0 Å². The minimum absolute atomic E-state index is 0.205. The molecule has 0 saturated heterocycles. The lowest BCUT2D eigenvalue weighted by Crippen LogP contribution is -2.08. The fourth-order valence-electron chi connectivity index (χ4n) is 3.02. The summed E-state index contributed by atoms with van der Waals surface area (Å²) in [7, 11) is 0. The first-order valence-corrected chi connectivity index (χ1v) is 9.90. The van der Waals surface area contributed by atoms with Crippen LogP contribution in [0.3, 0.4) is 0 Å². The highest BCUT2D eigenvalue weighted by Crippen LogP contribution is 2.38. The zero-order valence-electron chi connectivity index (χ0n) is 15.2. The second kappa shape index (κ2) is 7.85. The molecule has 0 saturated carbocycles. The number of ether oxygens (including phenoxy) is 2. The van der Waals surface area contributed by atoms with Crippen LogP contribution in [0.1, 0.15) is 31.8 Å². The standard InChI is InChI=1S/C23H14BrClO4/c1-13-10-17(28-23(27)14-6-8-16(25)9-7-14)12-19-21(13)22(26)20(29-19)11-15-4-2-3-5-18(15)24/h2-12H,1H3/b20-11-. The van der Waals surface area contributed by atoms with Gasteiger partial charge in [0.05, 0.1) is 11.1 Å². The van der Waals surface area contributed by atoms with E-state index in [0.717, 1.165) is 10.0 Å². The molecule has 1 aliphatic rings. The summed E-state index contributed by atoms with van der Waals surface area (Å²) in [5, 5.41) is 0.534. The Bertz CT molecular complexity index is 1170. The van der Waals surface area contributed by atoms with E-state index in [2.05, 4.69) is 15.9 Å². The number of hydrogen-bond donors (Lipinski definition) is 0. The van der Waals surface area contributed by atoms with E-state index in [0.29, 0.717) is 33.2 Å². The number of benzene rings is 3. The molecular weight excluding hydrogens is 456 g/mol. The fraction of sp³-hybridized carbons (Fsp3) is 0.0435. The Morgan fingerprint density at radius 3 is 2.55 bits per heavy atom. The fourth-order valence-corrected chi connectivity index (χ4v) is 3.55. The number of Topliss-reactive ketones (excluding diaryl/α,β-unsaturated/α-hetero) is 1. The highest BCUT2D eigenvalue weighted by molar-refractivity contribution is 9.10. The molecule has 0 radical (unpaired) electrons. The molecule has 29 heavy (non-hydrogen) atoms. The summed E-state index contributed by atoms with van der Waals surface area (Å²) in [4.78, 5) is 25.1. The highest BCUT2D eigenvalue weighted by atomic mass is 79.9. The molecule has 6 heteroatoms. The van der Waals surface area contributed by atoms with Crippen LogP contribution in [-0.4, -0.2) is 11.8 Å². The number of carbonyl (C=O) groups is 2. The van der Waals surface area contributed by atoms with Crippen LogP contribution in [0, 0.1) is 6.92 Å². The number of allylic oxidation sites excluding steroid dienone is 1. The molecule has 1 heterocycles. The maximum atomic E-state index is 12.8. The van der Waals surface area contributed by atoms with Gasteiger partial charge in [-0.05, 0) is 60.5 Å². The van der Waals surface area contributed by atoms with Gasteiger partial charge in [-0.15, -0.1) is 0 Å². The summed E-state index contributed by atoms with van der Waals surface area (Å²) in [5.41, 5.74) is 2.34. The SMILES string of the molecule is Cc1cc(OC(=O)c2ccc(Cl)cc2)cc2c1C(=O)/C(=C/c1ccccc1Br)O2. The molecule has 0 spiro atoms.